The van der Waals surface area contributed by atoms with Gasteiger partial charge in [-0.25, -0.2) is 0 Å². The van der Waals surface area contributed by atoms with Crippen molar-refractivity contribution in [3.8, 4) is 5.88 Å². The minimum Gasteiger partial charge on any atom is -0.491 e. The van der Waals surface area contributed by atoms with Gasteiger partial charge in [-0.1, -0.05) is 0 Å². The Bertz CT molecular complexity index is 1190. The largest absolute Gasteiger partial charge is 0.491 e. The number of ether oxygens (including phenoxy) is 1. The first kappa shape index (κ1) is 17.9. The van der Waals surface area contributed by atoms with E-state index in [2.05, 4.69) is 15.1 Å². The summed E-state index contributed by atoms with van der Waals surface area (Å²) in [7, 11) is 0. The second-order valence-corrected chi connectivity index (χ2v) is 6.63. The number of rotatable bonds is 5. The zero-order valence-corrected chi connectivity index (χ0v) is 14.8. The zero-order chi connectivity index (χ0) is 20.0. The SMILES string of the molecule is Cc1onc(O)c1CCOC1Cc2c([N+](=O)[O-])cc3[nH]c(=O)c(=O)[nH]c3c2C1. The van der Waals surface area contributed by atoms with Crippen LogP contribution in [0, 0.1) is 17.0 Å². The first-order chi connectivity index (χ1) is 13.3. The molecule has 0 fully saturated rings. The van der Waals surface area contributed by atoms with Gasteiger partial charge in [0.2, 0.25) is 0 Å². The number of aromatic amines is 2. The van der Waals surface area contributed by atoms with Gasteiger partial charge in [-0.3, -0.25) is 19.7 Å². The highest BCUT2D eigenvalue weighted by Gasteiger charge is 2.32. The van der Waals surface area contributed by atoms with Gasteiger partial charge in [-0.05, 0) is 17.6 Å². The number of benzene rings is 1. The molecule has 28 heavy (non-hydrogen) atoms. The highest BCUT2D eigenvalue weighted by Crippen LogP contribution is 2.36. The Morgan fingerprint density at radius 1 is 1.32 bits per heavy atom. The van der Waals surface area contributed by atoms with E-state index >= 15 is 0 Å². The molecule has 0 saturated carbocycles. The lowest BCUT2D eigenvalue weighted by Crippen LogP contribution is -2.29. The monoisotopic (exact) mass is 388 g/mol. The molecule has 4 rings (SSSR count). The van der Waals surface area contributed by atoms with Gasteiger partial charge in [0, 0.05) is 30.9 Å². The first-order valence-electron chi connectivity index (χ1n) is 8.56. The topological polar surface area (TPSA) is 164 Å². The maximum absolute atomic E-state index is 11.7. The van der Waals surface area contributed by atoms with E-state index in [9.17, 15) is 24.8 Å². The molecule has 1 unspecified atom stereocenters. The van der Waals surface area contributed by atoms with Crippen LogP contribution in [0.15, 0.2) is 20.2 Å². The van der Waals surface area contributed by atoms with Gasteiger partial charge < -0.3 is 24.3 Å². The fourth-order valence-corrected chi connectivity index (χ4v) is 3.61. The van der Waals surface area contributed by atoms with Crippen LogP contribution in [0.4, 0.5) is 5.69 Å². The summed E-state index contributed by atoms with van der Waals surface area (Å²) in [6.07, 6.45) is 0.694. The lowest BCUT2D eigenvalue weighted by Gasteiger charge is -2.10. The van der Waals surface area contributed by atoms with Crippen LogP contribution in [0.1, 0.15) is 22.5 Å². The van der Waals surface area contributed by atoms with Gasteiger partial charge >= 0.3 is 11.1 Å². The van der Waals surface area contributed by atoms with Crippen LogP contribution in [0.5, 0.6) is 5.88 Å². The molecule has 2 aromatic heterocycles. The van der Waals surface area contributed by atoms with Crippen LogP contribution < -0.4 is 11.1 Å². The maximum Gasteiger partial charge on any atom is 0.314 e. The Morgan fingerprint density at radius 3 is 2.71 bits per heavy atom. The van der Waals surface area contributed by atoms with Crippen molar-refractivity contribution in [2.45, 2.75) is 32.3 Å². The third-order valence-electron chi connectivity index (χ3n) is 4.95. The second-order valence-electron chi connectivity index (χ2n) is 6.63. The second kappa shape index (κ2) is 6.60. The lowest BCUT2D eigenvalue weighted by atomic mass is 10.1. The number of aromatic hydroxyl groups is 1. The average molecular weight is 388 g/mol. The Balaban J connectivity index is 1.61. The van der Waals surface area contributed by atoms with Gasteiger partial charge in [-0.2, -0.15) is 0 Å². The van der Waals surface area contributed by atoms with Crippen molar-refractivity contribution in [3.05, 3.63) is 59.3 Å². The molecule has 0 radical (unpaired) electrons. The highest BCUT2D eigenvalue weighted by molar-refractivity contribution is 5.83. The number of hydrogen-bond acceptors (Lipinski definition) is 8. The molecular weight excluding hydrogens is 372 g/mol. The number of nitro benzene ring substituents is 1. The van der Waals surface area contributed by atoms with Gasteiger partial charge in [0.1, 0.15) is 5.76 Å². The van der Waals surface area contributed by atoms with Crippen LogP contribution >= 0.6 is 0 Å². The number of H-pyrrole nitrogens is 2. The number of nitrogens with zero attached hydrogens (tertiary/aromatic N) is 2. The van der Waals surface area contributed by atoms with Crippen LogP contribution in [-0.4, -0.2) is 37.9 Å². The molecule has 0 amide bonds. The third kappa shape index (κ3) is 2.95. The number of nitro groups is 1. The third-order valence-corrected chi connectivity index (χ3v) is 4.95. The Hall–Kier alpha value is -3.47. The lowest BCUT2D eigenvalue weighted by molar-refractivity contribution is -0.385. The van der Waals surface area contributed by atoms with Gasteiger partial charge in [0.05, 0.1) is 34.2 Å². The quantitative estimate of drug-likeness (QED) is 0.329. The van der Waals surface area contributed by atoms with E-state index in [-0.39, 0.29) is 29.8 Å². The van der Waals surface area contributed by atoms with Crippen molar-refractivity contribution in [2.24, 2.45) is 0 Å². The summed E-state index contributed by atoms with van der Waals surface area (Å²) in [5.74, 6) is 0.318. The number of fused-ring (bicyclic) bond motifs is 3. The summed E-state index contributed by atoms with van der Waals surface area (Å²) in [4.78, 5) is 39.1. The average Bonchev–Trinajstić information content (AvgIpc) is 3.20. The van der Waals surface area contributed by atoms with Crippen molar-refractivity contribution in [1.82, 2.24) is 15.1 Å². The van der Waals surface area contributed by atoms with Gasteiger partial charge in [-0.15, -0.1) is 0 Å². The predicted octanol–water partition coefficient (Wildman–Crippen LogP) is 0.853. The molecule has 1 aromatic carbocycles. The molecule has 1 aliphatic rings. The van der Waals surface area contributed by atoms with E-state index in [1.165, 1.54) is 6.07 Å². The van der Waals surface area contributed by atoms with E-state index in [1.807, 2.05) is 0 Å². The van der Waals surface area contributed by atoms with Gasteiger partial charge in [0.25, 0.3) is 11.6 Å². The van der Waals surface area contributed by atoms with Crippen molar-refractivity contribution >= 4 is 16.7 Å². The smallest absolute Gasteiger partial charge is 0.314 e. The number of nitrogens with one attached hydrogen (secondary N) is 2. The maximum atomic E-state index is 11.7. The van der Waals surface area contributed by atoms with E-state index in [0.29, 0.717) is 47.2 Å². The van der Waals surface area contributed by atoms with E-state index in [4.69, 9.17) is 9.26 Å². The molecule has 1 atom stereocenters. The van der Waals surface area contributed by atoms with Crippen LogP contribution in [0.25, 0.3) is 11.0 Å². The molecule has 2 heterocycles. The minimum atomic E-state index is -0.864. The zero-order valence-electron chi connectivity index (χ0n) is 14.8. The van der Waals surface area contributed by atoms with E-state index < -0.39 is 16.0 Å². The van der Waals surface area contributed by atoms with Crippen molar-refractivity contribution in [2.75, 3.05) is 6.61 Å². The summed E-state index contributed by atoms with van der Waals surface area (Å²) in [5.41, 5.74) is 0.408. The Morgan fingerprint density at radius 2 is 2.04 bits per heavy atom. The molecule has 146 valence electrons. The predicted molar refractivity (Wildman–Crippen MR) is 95.6 cm³/mol. The highest BCUT2D eigenvalue weighted by atomic mass is 16.6. The molecule has 0 aliphatic heterocycles. The normalized spacial score (nSPS) is 15.8. The summed E-state index contributed by atoms with van der Waals surface area (Å²) in [6, 6.07) is 1.26. The van der Waals surface area contributed by atoms with Crippen LogP contribution in [-0.2, 0) is 24.0 Å². The minimum absolute atomic E-state index is 0.121. The molecule has 0 saturated heterocycles. The molecule has 0 bridgehead atoms. The Labute approximate surface area is 156 Å². The molecule has 11 heteroatoms. The standard InChI is InChI=1S/C17H16N4O7/c1-7-9(15(22)20-28-7)2-3-27-8-4-10-11(5-8)14-12(6-13(10)21(25)26)18-16(23)17(24)19-14/h6,8H,2-5H2,1H3,(H,18,23)(H,19,24)(H,20,22). The Kier molecular flexibility index (Phi) is 4.23. The summed E-state index contributed by atoms with van der Waals surface area (Å²) in [6.45, 7) is 1.94. The summed E-state index contributed by atoms with van der Waals surface area (Å²) < 4.78 is 10.7. The van der Waals surface area contributed by atoms with E-state index in [1.54, 1.807) is 6.92 Å². The summed E-state index contributed by atoms with van der Waals surface area (Å²) >= 11 is 0. The fourth-order valence-electron chi connectivity index (χ4n) is 3.61. The van der Waals surface area contributed by atoms with Gasteiger partial charge in [0.15, 0.2) is 0 Å². The summed E-state index contributed by atoms with van der Waals surface area (Å²) in [5, 5.41) is 24.6. The number of aromatic nitrogens is 3. The molecule has 11 nitrogen and oxygen atoms in total. The van der Waals surface area contributed by atoms with Crippen LogP contribution in [0.3, 0.4) is 0 Å². The first-order valence-corrected chi connectivity index (χ1v) is 8.56. The van der Waals surface area contributed by atoms with Crippen LogP contribution in [0.2, 0.25) is 0 Å². The number of aryl methyl sites for hydroxylation is 1. The number of hydrogen-bond donors (Lipinski definition) is 3. The van der Waals surface area contributed by atoms with Crippen molar-refractivity contribution < 1.29 is 19.3 Å². The van der Waals surface area contributed by atoms with Crippen molar-refractivity contribution in [3.63, 3.8) is 0 Å². The van der Waals surface area contributed by atoms with E-state index in [0.717, 1.165) is 0 Å². The fraction of sp³-hybridized carbons (Fsp3) is 0.353. The van der Waals surface area contributed by atoms with Crippen molar-refractivity contribution in [1.29, 1.82) is 0 Å². The molecule has 3 N–H and O–H groups in total. The molecule has 0 spiro atoms. The molecule has 1 aliphatic carbocycles. The molecular formula is C17H16N4O7. The molecule has 3 aromatic rings.